The Morgan fingerprint density at radius 2 is 2.09 bits per heavy atom. The molecule has 0 saturated carbocycles. The van der Waals surface area contributed by atoms with Gasteiger partial charge in [0.1, 0.15) is 5.75 Å². The molecule has 2 bridgehead atoms. The molecule has 1 N–H and O–H groups in total. The van der Waals surface area contributed by atoms with Crippen LogP contribution in [0.5, 0.6) is 5.75 Å². The monoisotopic (exact) mass is 316 g/mol. The number of carbonyl (C=O) groups is 1. The third-order valence-electron chi connectivity index (χ3n) is 5.36. The quantitative estimate of drug-likeness (QED) is 0.908. The highest BCUT2D eigenvalue weighted by Gasteiger charge is 2.37. The summed E-state index contributed by atoms with van der Waals surface area (Å²) in [5, 5.41) is 3.43. The number of hydrogen-bond donors (Lipinski definition) is 1. The molecule has 0 aliphatic carbocycles. The molecule has 3 unspecified atom stereocenters. The first kappa shape index (κ1) is 16.3. The summed E-state index contributed by atoms with van der Waals surface area (Å²) in [4.78, 5) is 14.8. The van der Waals surface area contributed by atoms with E-state index in [1.54, 1.807) is 0 Å². The van der Waals surface area contributed by atoms with E-state index in [2.05, 4.69) is 30.1 Å². The van der Waals surface area contributed by atoms with Gasteiger partial charge in [-0.3, -0.25) is 4.79 Å². The van der Waals surface area contributed by atoms with Gasteiger partial charge in [0.15, 0.2) is 6.61 Å². The second kappa shape index (κ2) is 7.35. The van der Waals surface area contributed by atoms with E-state index in [-0.39, 0.29) is 12.5 Å². The van der Waals surface area contributed by atoms with Gasteiger partial charge in [-0.05, 0) is 49.8 Å². The highest BCUT2D eigenvalue weighted by atomic mass is 16.5. The zero-order valence-corrected chi connectivity index (χ0v) is 14.3. The average Bonchev–Trinajstić information content (AvgIpc) is 2.85. The molecule has 2 heterocycles. The van der Waals surface area contributed by atoms with Crippen molar-refractivity contribution < 1.29 is 9.53 Å². The lowest BCUT2D eigenvalue weighted by atomic mass is 9.98. The zero-order chi connectivity index (χ0) is 16.2. The minimum absolute atomic E-state index is 0.139. The largest absolute Gasteiger partial charge is 0.483 e. The van der Waals surface area contributed by atoms with Crippen molar-refractivity contribution in [3.05, 3.63) is 29.8 Å². The predicted molar refractivity (Wildman–Crippen MR) is 91.8 cm³/mol. The maximum Gasteiger partial charge on any atom is 0.261 e. The Bertz CT molecular complexity index is 532. The first-order valence-corrected chi connectivity index (χ1v) is 8.94. The van der Waals surface area contributed by atoms with E-state index in [4.69, 9.17) is 4.74 Å². The lowest BCUT2D eigenvalue weighted by molar-refractivity contribution is -0.136. The number of hydrogen-bond acceptors (Lipinski definition) is 3. The normalized spacial score (nSPS) is 25.0. The number of rotatable bonds is 5. The first-order chi connectivity index (χ1) is 11.2. The number of nitrogens with zero attached hydrogens (tertiary/aromatic N) is 1. The predicted octanol–water partition coefficient (Wildman–Crippen LogP) is 2.93. The van der Waals surface area contributed by atoms with Gasteiger partial charge in [0.2, 0.25) is 0 Å². The Kier molecular flexibility index (Phi) is 5.21. The summed E-state index contributed by atoms with van der Waals surface area (Å²) in [5.74, 6) is 1.44. The van der Waals surface area contributed by atoms with Crippen molar-refractivity contribution in [2.75, 3.05) is 19.7 Å². The van der Waals surface area contributed by atoms with Gasteiger partial charge in [0.25, 0.3) is 5.91 Å². The molecule has 0 radical (unpaired) electrons. The zero-order valence-electron chi connectivity index (χ0n) is 14.3. The molecule has 0 aromatic heterocycles. The molecule has 1 amide bonds. The minimum atomic E-state index is 0.139. The molecule has 2 aliphatic rings. The molecule has 3 rings (SSSR count). The van der Waals surface area contributed by atoms with Crippen LogP contribution in [-0.4, -0.2) is 42.6 Å². The molecule has 2 fully saturated rings. The van der Waals surface area contributed by atoms with Crippen molar-refractivity contribution in [3.63, 3.8) is 0 Å². The van der Waals surface area contributed by atoms with E-state index in [1.165, 1.54) is 5.56 Å². The summed E-state index contributed by atoms with van der Waals surface area (Å²) in [7, 11) is 0. The van der Waals surface area contributed by atoms with E-state index in [0.29, 0.717) is 18.0 Å². The third kappa shape index (κ3) is 3.52. The molecule has 1 aromatic rings. The highest BCUT2D eigenvalue weighted by Crippen LogP contribution is 2.30. The van der Waals surface area contributed by atoms with Crippen LogP contribution >= 0.6 is 0 Å². The van der Waals surface area contributed by atoms with Gasteiger partial charge in [-0.25, -0.2) is 0 Å². The molecule has 4 heteroatoms. The van der Waals surface area contributed by atoms with Gasteiger partial charge in [-0.15, -0.1) is 0 Å². The van der Waals surface area contributed by atoms with Crippen LogP contribution in [-0.2, 0) is 4.79 Å². The first-order valence-electron chi connectivity index (χ1n) is 8.94. The van der Waals surface area contributed by atoms with Crippen LogP contribution in [0.4, 0.5) is 0 Å². The average molecular weight is 316 g/mol. The fraction of sp³-hybridized carbons (Fsp3) is 0.632. The lowest BCUT2D eigenvalue weighted by Crippen LogP contribution is -2.44. The molecule has 2 aliphatic heterocycles. The molecule has 3 atom stereocenters. The smallest absolute Gasteiger partial charge is 0.261 e. The summed E-state index contributed by atoms with van der Waals surface area (Å²) < 4.78 is 5.93. The van der Waals surface area contributed by atoms with Crippen molar-refractivity contribution in [3.8, 4) is 5.75 Å². The van der Waals surface area contributed by atoms with Crippen molar-refractivity contribution in [2.45, 2.75) is 57.5 Å². The molecule has 4 nitrogen and oxygen atoms in total. The van der Waals surface area contributed by atoms with Gasteiger partial charge in [-0.2, -0.15) is 0 Å². The Balaban J connectivity index is 1.65. The molecule has 126 valence electrons. The van der Waals surface area contributed by atoms with Gasteiger partial charge in [-0.1, -0.05) is 32.0 Å². The van der Waals surface area contributed by atoms with Crippen molar-refractivity contribution in [2.24, 2.45) is 0 Å². The summed E-state index contributed by atoms with van der Waals surface area (Å²) in [6.45, 7) is 6.47. The highest BCUT2D eigenvalue weighted by molar-refractivity contribution is 5.79. The second-order valence-electron chi connectivity index (χ2n) is 6.81. The standard InChI is InChI=1S/C19H28N2O2/c1-3-14(2)17-6-4-5-7-18(17)23-13-19(22)21-15-8-9-16(21)12-20-11-10-15/h4-7,14-16,20H,3,8-13H2,1-2H3. The van der Waals surface area contributed by atoms with Gasteiger partial charge in [0, 0.05) is 18.6 Å². The number of para-hydroxylation sites is 1. The van der Waals surface area contributed by atoms with Crippen molar-refractivity contribution in [1.29, 1.82) is 0 Å². The third-order valence-corrected chi connectivity index (χ3v) is 5.36. The summed E-state index contributed by atoms with van der Waals surface area (Å²) in [5.41, 5.74) is 1.20. The van der Waals surface area contributed by atoms with Crippen LogP contribution in [0.25, 0.3) is 0 Å². The Morgan fingerprint density at radius 3 is 2.91 bits per heavy atom. The fourth-order valence-corrected chi connectivity index (χ4v) is 3.84. The van der Waals surface area contributed by atoms with E-state index in [9.17, 15) is 4.79 Å². The Labute approximate surface area is 139 Å². The lowest BCUT2D eigenvalue weighted by Gasteiger charge is -2.28. The number of carbonyl (C=O) groups excluding carboxylic acids is 1. The van der Waals surface area contributed by atoms with E-state index >= 15 is 0 Å². The van der Waals surface area contributed by atoms with Crippen LogP contribution < -0.4 is 10.1 Å². The summed E-state index contributed by atoms with van der Waals surface area (Å²) >= 11 is 0. The maximum atomic E-state index is 12.7. The molecule has 0 spiro atoms. The molecular formula is C19H28N2O2. The molecule has 1 aromatic carbocycles. The second-order valence-corrected chi connectivity index (χ2v) is 6.81. The fourth-order valence-electron chi connectivity index (χ4n) is 3.84. The van der Waals surface area contributed by atoms with Crippen LogP contribution in [0.3, 0.4) is 0 Å². The van der Waals surface area contributed by atoms with Crippen LogP contribution in [0.15, 0.2) is 24.3 Å². The summed E-state index contributed by atoms with van der Waals surface area (Å²) in [6.07, 6.45) is 4.39. The SMILES string of the molecule is CCC(C)c1ccccc1OCC(=O)N1C2CCNCC1CC2. The Morgan fingerprint density at radius 1 is 1.30 bits per heavy atom. The topological polar surface area (TPSA) is 41.6 Å². The molecule has 2 saturated heterocycles. The van der Waals surface area contributed by atoms with Gasteiger partial charge < -0.3 is 15.0 Å². The van der Waals surface area contributed by atoms with Gasteiger partial charge in [0.05, 0.1) is 0 Å². The number of benzene rings is 1. The molecule has 23 heavy (non-hydrogen) atoms. The number of amides is 1. The van der Waals surface area contributed by atoms with E-state index in [1.807, 2.05) is 18.2 Å². The van der Waals surface area contributed by atoms with Crippen LogP contribution in [0, 0.1) is 0 Å². The molecular weight excluding hydrogens is 288 g/mol. The maximum absolute atomic E-state index is 12.7. The number of ether oxygens (including phenoxy) is 1. The van der Waals surface area contributed by atoms with Crippen molar-refractivity contribution >= 4 is 5.91 Å². The van der Waals surface area contributed by atoms with Crippen molar-refractivity contribution in [1.82, 2.24) is 10.2 Å². The summed E-state index contributed by atoms with van der Waals surface area (Å²) in [6, 6.07) is 8.85. The van der Waals surface area contributed by atoms with Crippen LogP contribution in [0.1, 0.15) is 51.0 Å². The van der Waals surface area contributed by atoms with Crippen LogP contribution in [0.2, 0.25) is 0 Å². The van der Waals surface area contributed by atoms with E-state index in [0.717, 1.165) is 44.5 Å². The number of nitrogens with one attached hydrogen (secondary N) is 1. The Hall–Kier alpha value is -1.55. The van der Waals surface area contributed by atoms with E-state index < -0.39 is 0 Å². The minimum Gasteiger partial charge on any atom is -0.483 e. The van der Waals surface area contributed by atoms with Gasteiger partial charge >= 0.3 is 0 Å². The number of fused-ring (bicyclic) bond motifs is 2.